The van der Waals surface area contributed by atoms with Gasteiger partial charge in [0.1, 0.15) is 11.6 Å². The number of nitrogens with zero attached hydrogens (tertiary/aromatic N) is 6. The normalized spacial score (nSPS) is 14.2. The first-order valence-corrected chi connectivity index (χ1v) is 11.4. The molecule has 184 valence electrons. The number of halogens is 4. The molecule has 0 saturated carbocycles. The summed E-state index contributed by atoms with van der Waals surface area (Å²) in [6.07, 6.45) is -1.45. The molecule has 1 fully saturated rings. The Morgan fingerprint density at radius 3 is 2.08 bits per heavy atom. The summed E-state index contributed by atoms with van der Waals surface area (Å²) in [6, 6.07) is 14.5. The van der Waals surface area contributed by atoms with Crippen LogP contribution in [0.1, 0.15) is 11.4 Å². The van der Waals surface area contributed by atoms with Crippen molar-refractivity contribution in [3.8, 4) is 22.4 Å². The smallest absolute Gasteiger partial charge is 0.352 e. The average Bonchev–Trinajstić information content (AvgIpc) is 2.88. The highest BCUT2D eigenvalue weighted by Gasteiger charge is 2.38. The summed E-state index contributed by atoms with van der Waals surface area (Å²) in [7, 11) is 0. The van der Waals surface area contributed by atoms with Gasteiger partial charge in [0.05, 0.1) is 11.3 Å². The van der Waals surface area contributed by atoms with E-state index in [2.05, 4.69) is 19.9 Å². The van der Waals surface area contributed by atoms with Crippen molar-refractivity contribution in [3.05, 3.63) is 84.2 Å². The Balaban J connectivity index is 1.65. The molecule has 3 heterocycles. The van der Waals surface area contributed by atoms with E-state index >= 15 is 0 Å². The summed E-state index contributed by atoms with van der Waals surface area (Å²) in [6.45, 7) is 3.75. The van der Waals surface area contributed by atoms with Crippen molar-refractivity contribution >= 4 is 11.8 Å². The van der Waals surface area contributed by atoms with Crippen LogP contribution in [0.3, 0.4) is 0 Å². The molecule has 36 heavy (non-hydrogen) atoms. The molecule has 5 rings (SSSR count). The standard InChI is InChI=1S/C26H22F4N6/c1-17-4-2-5-19(16-17)21-22(18-6-8-20(27)9-7-18)33-24(26(28,29)30)34-23(21)35-12-14-36(15-13-35)25-31-10-3-11-32-25/h2-11,16H,12-15H2,1H3. The van der Waals surface area contributed by atoms with Crippen LogP contribution in [-0.2, 0) is 6.18 Å². The Bertz CT molecular complexity index is 1350. The third-order valence-electron chi connectivity index (χ3n) is 5.98. The van der Waals surface area contributed by atoms with Crippen LogP contribution in [-0.4, -0.2) is 46.1 Å². The monoisotopic (exact) mass is 494 g/mol. The molecule has 0 spiro atoms. The van der Waals surface area contributed by atoms with Gasteiger partial charge in [-0.3, -0.25) is 0 Å². The lowest BCUT2D eigenvalue weighted by Gasteiger charge is -2.36. The highest BCUT2D eigenvalue weighted by molar-refractivity contribution is 5.89. The van der Waals surface area contributed by atoms with Crippen molar-refractivity contribution in [3.63, 3.8) is 0 Å². The predicted octanol–water partition coefficient (Wildman–Crippen LogP) is 5.39. The lowest BCUT2D eigenvalue weighted by atomic mass is 9.97. The van der Waals surface area contributed by atoms with E-state index in [1.165, 1.54) is 24.3 Å². The SMILES string of the molecule is Cc1cccc(-c2c(-c3ccc(F)cc3)nc(C(F)(F)F)nc2N2CCN(c3ncccn3)CC2)c1. The quantitative estimate of drug-likeness (QED) is 0.355. The van der Waals surface area contributed by atoms with Gasteiger partial charge in [-0.15, -0.1) is 0 Å². The van der Waals surface area contributed by atoms with Gasteiger partial charge < -0.3 is 9.80 Å². The van der Waals surface area contributed by atoms with Crippen molar-refractivity contribution < 1.29 is 17.6 Å². The fourth-order valence-electron chi connectivity index (χ4n) is 4.26. The first-order valence-electron chi connectivity index (χ1n) is 11.4. The van der Waals surface area contributed by atoms with Gasteiger partial charge >= 0.3 is 6.18 Å². The molecule has 2 aromatic heterocycles. The number of alkyl halides is 3. The van der Waals surface area contributed by atoms with Gasteiger partial charge in [-0.1, -0.05) is 29.8 Å². The summed E-state index contributed by atoms with van der Waals surface area (Å²) >= 11 is 0. The molecule has 4 aromatic rings. The van der Waals surface area contributed by atoms with Crippen molar-refractivity contribution in [2.45, 2.75) is 13.1 Å². The first kappa shape index (κ1) is 23.7. The van der Waals surface area contributed by atoms with Crippen molar-refractivity contribution in [1.29, 1.82) is 0 Å². The van der Waals surface area contributed by atoms with Crippen LogP contribution < -0.4 is 9.80 Å². The van der Waals surface area contributed by atoms with E-state index in [-0.39, 0.29) is 11.5 Å². The maximum atomic E-state index is 13.9. The summed E-state index contributed by atoms with van der Waals surface area (Å²) < 4.78 is 55.5. The molecule has 6 nitrogen and oxygen atoms in total. The Labute approximate surface area is 205 Å². The third-order valence-corrected chi connectivity index (χ3v) is 5.98. The molecule has 1 saturated heterocycles. The number of piperazine rings is 1. The molecule has 1 aliphatic rings. The minimum Gasteiger partial charge on any atom is -0.352 e. The largest absolute Gasteiger partial charge is 0.451 e. The predicted molar refractivity (Wildman–Crippen MR) is 129 cm³/mol. The highest BCUT2D eigenvalue weighted by atomic mass is 19.4. The zero-order valence-electron chi connectivity index (χ0n) is 19.4. The minimum absolute atomic E-state index is 0.103. The zero-order valence-corrected chi connectivity index (χ0v) is 19.4. The van der Waals surface area contributed by atoms with E-state index in [1.807, 2.05) is 41.0 Å². The van der Waals surface area contributed by atoms with Crippen molar-refractivity contribution in [2.75, 3.05) is 36.0 Å². The van der Waals surface area contributed by atoms with Gasteiger partial charge in [-0.25, -0.2) is 24.3 Å². The Morgan fingerprint density at radius 1 is 0.778 bits per heavy atom. The highest BCUT2D eigenvalue weighted by Crippen LogP contribution is 2.41. The Kier molecular flexibility index (Phi) is 6.26. The lowest BCUT2D eigenvalue weighted by Crippen LogP contribution is -2.47. The van der Waals surface area contributed by atoms with E-state index < -0.39 is 17.8 Å². The van der Waals surface area contributed by atoms with Crippen LogP contribution in [0.5, 0.6) is 0 Å². The summed E-state index contributed by atoms with van der Waals surface area (Å²) in [4.78, 5) is 20.4. The third kappa shape index (κ3) is 4.84. The number of benzene rings is 2. The van der Waals surface area contributed by atoms with Gasteiger partial charge in [0.2, 0.25) is 11.8 Å². The molecule has 0 bridgehead atoms. The molecular formula is C26H22F4N6. The molecule has 0 atom stereocenters. The van der Waals surface area contributed by atoms with Crippen LogP contribution in [0.2, 0.25) is 0 Å². The van der Waals surface area contributed by atoms with Gasteiger partial charge in [-0.05, 0) is 42.8 Å². The van der Waals surface area contributed by atoms with Crippen LogP contribution in [0.4, 0.5) is 29.3 Å². The van der Waals surface area contributed by atoms with Gasteiger partial charge in [0, 0.05) is 44.1 Å². The minimum atomic E-state index is -4.76. The van der Waals surface area contributed by atoms with E-state index in [9.17, 15) is 17.6 Å². The van der Waals surface area contributed by atoms with E-state index in [4.69, 9.17) is 0 Å². The van der Waals surface area contributed by atoms with Crippen molar-refractivity contribution in [2.24, 2.45) is 0 Å². The van der Waals surface area contributed by atoms with Crippen LogP contribution in [0.25, 0.3) is 22.4 Å². The van der Waals surface area contributed by atoms with Crippen LogP contribution in [0, 0.1) is 12.7 Å². The fourth-order valence-corrected chi connectivity index (χ4v) is 4.26. The van der Waals surface area contributed by atoms with Crippen LogP contribution in [0.15, 0.2) is 67.0 Å². The Hall–Kier alpha value is -4.08. The summed E-state index contributed by atoms with van der Waals surface area (Å²) in [5, 5.41) is 0. The van der Waals surface area contributed by atoms with E-state index in [1.54, 1.807) is 18.5 Å². The zero-order chi connectivity index (χ0) is 25.3. The summed E-state index contributed by atoms with van der Waals surface area (Å²) in [5.41, 5.74) is 2.58. The number of hydrogen-bond donors (Lipinski definition) is 0. The van der Waals surface area contributed by atoms with Crippen molar-refractivity contribution in [1.82, 2.24) is 19.9 Å². The number of aromatic nitrogens is 4. The van der Waals surface area contributed by atoms with Gasteiger partial charge in [-0.2, -0.15) is 13.2 Å². The molecule has 0 unspecified atom stereocenters. The molecule has 1 aliphatic heterocycles. The topological polar surface area (TPSA) is 58.0 Å². The van der Waals surface area contributed by atoms with Gasteiger partial charge in [0.15, 0.2) is 0 Å². The Morgan fingerprint density at radius 2 is 1.44 bits per heavy atom. The van der Waals surface area contributed by atoms with Gasteiger partial charge in [0.25, 0.3) is 0 Å². The molecule has 10 heteroatoms. The molecule has 0 amide bonds. The van der Waals surface area contributed by atoms with Crippen LogP contribution >= 0.6 is 0 Å². The molecular weight excluding hydrogens is 472 g/mol. The van der Waals surface area contributed by atoms with E-state index in [0.29, 0.717) is 48.8 Å². The first-order chi connectivity index (χ1) is 17.3. The summed E-state index contributed by atoms with van der Waals surface area (Å²) in [5.74, 6) is -0.958. The molecule has 2 aromatic carbocycles. The number of anilines is 2. The number of hydrogen-bond acceptors (Lipinski definition) is 6. The molecule has 0 aliphatic carbocycles. The van der Waals surface area contributed by atoms with E-state index in [0.717, 1.165) is 5.56 Å². The second-order valence-electron chi connectivity index (χ2n) is 8.49. The second-order valence-corrected chi connectivity index (χ2v) is 8.49. The molecule has 0 N–H and O–H groups in total. The molecule has 0 radical (unpaired) electrons. The number of aryl methyl sites for hydroxylation is 1. The lowest BCUT2D eigenvalue weighted by molar-refractivity contribution is -0.144. The maximum absolute atomic E-state index is 13.9. The maximum Gasteiger partial charge on any atom is 0.451 e. The fraction of sp³-hybridized carbons (Fsp3) is 0.231. The number of rotatable bonds is 4. The second kappa shape index (κ2) is 9.52. The average molecular weight is 494 g/mol.